The first-order valence-electron chi connectivity index (χ1n) is 7.02. The number of urea groups is 1. The number of nitrogens with one attached hydrogen (secondary N) is 1. The minimum atomic E-state index is -0.242. The lowest BCUT2D eigenvalue weighted by Gasteiger charge is -2.30. The van der Waals surface area contributed by atoms with Gasteiger partial charge in [0.1, 0.15) is 5.82 Å². The van der Waals surface area contributed by atoms with E-state index in [0.29, 0.717) is 11.8 Å². The first-order valence-corrected chi connectivity index (χ1v) is 7.02. The van der Waals surface area contributed by atoms with Gasteiger partial charge in [-0.05, 0) is 23.6 Å². The molecule has 2 aliphatic heterocycles. The van der Waals surface area contributed by atoms with Crippen molar-refractivity contribution >= 4 is 6.03 Å². The Morgan fingerprint density at radius 3 is 2.90 bits per heavy atom. The second-order valence-corrected chi connectivity index (χ2v) is 5.91. The molecular formula is C15H20FN3O. The van der Waals surface area contributed by atoms with Gasteiger partial charge in [-0.25, -0.2) is 9.18 Å². The van der Waals surface area contributed by atoms with Gasteiger partial charge in [0.2, 0.25) is 0 Å². The molecule has 108 valence electrons. The number of likely N-dealkylation sites (tertiary alicyclic amines) is 1. The summed E-state index contributed by atoms with van der Waals surface area (Å²) < 4.78 is 13.5. The first kappa shape index (κ1) is 13.4. The van der Waals surface area contributed by atoms with E-state index in [9.17, 15) is 9.18 Å². The van der Waals surface area contributed by atoms with Crippen molar-refractivity contribution in [3.05, 3.63) is 35.6 Å². The van der Waals surface area contributed by atoms with Crippen LogP contribution >= 0.6 is 0 Å². The molecule has 1 N–H and O–H groups in total. The summed E-state index contributed by atoms with van der Waals surface area (Å²) in [5.41, 5.74) is 0.899. The number of rotatable bonds is 1. The van der Waals surface area contributed by atoms with E-state index in [0.717, 1.165) is 25.2 Å². The van der Waals surface area contributed by atoms with Crippen molar-refractivity contribution in [2.75, 3.05) is 33.7 Å². The molecule has 20 heavy (non-hydrogen) atoms. The minimum absolute atomic E-state index is 0.00802. The zero-order chi connectivity index (χ0) is 14.3. The molecule has 3 rings (SSSR count). The standard InChI is InChI=1S/C15H20FN3O/c1-18(2)15(20)19-9-11-7-17-8-13(11)14(19)10-4-3-5-12(16)6-10/h3-6,11,13-14,17H,7-9H2,1-2H3/t11-,13-,14+/m1/s1. The fraction of sp³-hybridized carbons (Fsp3) is 0.533. The fourth-order valence-electron chi connectivity index (χ4n) is 3.49. The molecule has 4 nitrogen and oxygen atoms in total. The molecule has 0 spiro atoms. The Labute approximate surface area is 118 Å². The van der Waals surface area contributed by atoms with E-state index in [1.807, 2.05) is 11.0 Å². The summed E-state index contributed by atoms with van der Waals surface area (Å²) in [6.07, 6.45) is 0. The van der Waals surface area contributed by atoms with Gasteiger partial charge in [-0.15, -0.1) is 0 Å². The maximum atomic E-state index is 13.5. The van der Waals surface area contributed by atoms with Crippen LogP contribution in [0.3, 0.4) is 0 Å². The van der Waals surface area contributed by atoms with Crippen LogP contribution in [0.1, 0.15) is 11.6 Å². The van der Waals surface area contributed by atoms with Crippen molar-refractivity contribution in [3.8, 4) is 0 Å². The zero-order valence-corrected chi connectivity index (χ0v) is 11.8. The Balaban J connectivity index is 1.96. The number of benzene rings is 1. The summed E-state index contributed by atoms with van der Waals surface area (Å²) in [5.74, 6) is 0.599. The van der Waals surface area contributed by atoms with Gasteiger partial charge in [-0.1, -0.05) is 12.1 Å². The molecule has 3 atom stereocenters. The van der Waals surface area contributed by atoms with E-state index in [1.165, 1.54) is 6.07 Å². The van der Waals surface area contributed by atoms with Crippen molar-refractivity contribution in [2.24, 2.45) is 11.8 Å². The highest BCUT2D eigenvalue weighted by Gasteiger charge is 2.47. The zero-order valence-electron chi connectivity index (χ0n) is 11.8. The third-order valence-corrected chi connectivity index (χ3v) is 4.38. The van der Waals surface area contributed by atoms with Crippen LogP contribution in [0.2, 0.25) is 0 Å². The van der Waals surface area contributed by atoms with Gasteiger partial charge in [-0.2, -0.15) is 0 Å². The number of carbonyl (C=O) groups excluding carboxylic acids is 1. The summed E-state index contributed by atoms with van der Waals surface area (Å²) in [7, 11) is 3.52. The number of amides is 2. The maximum Gasteiger partial charge on any atom is 0.320 e. The first-order chi connectivity index (χ1) is 9.58. The molecule has 2 amide bonds. The van der Waals surface area contributed by atoms with E-state index in [4.69, 9.17) is 0 Å². The number of hydrogen-bond acceptors (Lipinski definition) is 2. The number of fused-ring (bicyclic) bond motifs is 1. The van der Waals surface area contributed by atoms with Gasteiger partial charge in [0.05, 0.1) is 6.04 Å². The number of hydrogen-bond donors (Lipinski definition) is 1. The monoisotopic (exact) mass is 277 g/mol. The van der Waals surface area contributed by atoms with E-state index in [1.54, 1.807) is 31.1 Å². The Bertz CT molecular complexity index is 520. The number of nitrogens with zero attached hydrogens (tertiary/aromatic N) is 2. The molecule has 0 aromatic heterocycles. The molecule has 2 aliphatic rings. The van der Waals surface area contributed by atoms with Gasteiger partial charge in [0.15, 0.2) is 0 Å². The molecule has 0 unspecified atom stereocenters. The highest BCUT2D eigenvalue weighted by Crippen LogP contribution is 2.42. The average Bonchev–Trinajstić information content (AvgIpc) is 2.97. The van der Waals surface area contributed by atoms with E-state index < -0.39 is 0 Å². The van der Waals surface area contributed by atoms with E-state index in [-0.39, 0.29) is 17.9 Å². The fourth-order valence-corrected chi connectivity index (χ4v) is 3.49. The van der Waals surface area contributed by atoms with Gasteiger partial charge in [0, 0.05) is 39.6 Å². The van der Waals surface area contributed by atoms with Crippen molar-refractivity contribution in [1.29, 1.82) is 0 Å². The Morgan fingerprint density at radius 1 is 1.40 bits per heavy atom. The van der Waals surface area contributed by atoms with E-state index >= 15 is 0 Å². The quantitative estimate of drug-likeness (QED) is 0.848. The summed E-state index contributed by atoms with van der Waals surface area (Å²) >= 11 is 0. The third kappa shape index (κ3) is 2.16. The molecule has 1 aromatic carbocycles. The van der Waals surface area contributed by atoms with Crippen molar-refractivity contribution < 1.29 is 9.18 Å². The molecule has 2 fully saturated rings. The third-order valence-electron chi connectivity index (χ3n) is 4.38. The molecule has 0 saturated carbocycles. The van der Waals surface area contributed by atoms with Crippen LogP contribution in [0, 0.1) is 17.7 Å². The normalized spacial score (nSPS) is 28.6. The lowest BCUT2D eigenvalue weighted by molar-refractivity contribution is 0.159. The lowest BCUT2D eigenvalue weighted by Crippen LogP contribution is -2.41. The van der Waals surface area contributed by atoms with E-state index in [2.05, 4.69) is 5.32 Å². The van der Waals surface area contributed by atoms with Crippen molar-refractivity contribution in [1.82, 2.24) is 15.1 Å². The van der Waals surface area contributed by atoms with Crippen LogP contribution in [0.25, 0.3) is 0 Å². The van der Waals surface area contributed by atoms with Gasteiger partial charge in [-0.3, -0.25) is 0 Å². The molecule has 0 aliphatic carbocycles. The van der Waals surface area contributed by atoms with Crippen LogP contribution < -0.4 is 5.32 Å². The Morgan fingerprint density at radius 2 is 2.20 bits per heavy atom. The molecule has 0 radical (unpaired) electrons. The van der Waals surface area contributed by atoms with Crippen LogP contribution in [0.15, 0.2) is 24.3 Å². The maximum absolute atomic E-state index is 13.5. The summed E-state index contributed by atoms with van der Waals surface area (Å²) in [6, 6.07) is 6.62. The largest absolute Gasteiger partial charge is 0.331 e. The molecule has 5 heteroatoms. The predicted octanol–water partition coefficient (Wildman–Crippen LogP) is 1.70. The predicted molar refractivity (Wildman–Crippen MR) is 74.8 cm³/mol. The van der Waals surface area contributed by atoms with Crippen LogP contribution in [0.5, 0.6) is 0 Å². The second kappa shape index (κ2) is 5.05. The summed E-state index contributed by atoms with van der Waals surface area (Å²) in [4.78, 5) is 15.9. The molecule has 1 aromatic rings. The van der Waals surface area contributed by atoms with Gasteiger partial charge >= 0.3 is 6.03 Å². The topological polar surface area (TPSA) is 35.6 Å². The molecule has 2 saturated heterocycles. The Hall–Kier alpha value is -1.62. The van der Waals surface area contributed by atoms with Gasteiger partial charge < -0.3 is 15.1 Å². The smallest absolute Gasteiger partial charge is 0.320 e. The highest BCUT2D eigenvalue weighted by molar-refractivity contribution is 5.75. The minimum Gasteiger partial charge on any atom is -0.331 e. The summed E-state index contributed by atoms with van der Waals surface area (Å²) in [5, 5.41) is 3.38. The van der Waals surface area contributed by atoms with Crippen molar-refractivity contribution in [2.45, 2.75) is 6.04 Å². The summed E-state index contributed by atoms with van der Waals surface area (Å²) in [6.45, 7) is 2.58. The number of carbonyl (C=O) groups is 1. The molecule has 0 bridgehead atoms. The molecule has 2 heterocycles. The van der Waals surface area contributed by atoms with Crippen molar-refractivity contribution in [3.63, 3.8) is 0 Å². The van der Waals surface area contributed by atoms with Crippen LogP contribution in [-0.4, -0.2) is 49.6 Å². The lowest BCUT2D eigenvalue weighted by atomic mass is 9.89. The average molecular weight is 277 g/mol. The SMILES string of the molecule is CN(C)C(=O)N1C[C@H]2CNC[C@H]2[C@@H]1c1cccc(F)c1. The molecular weight excluding hydrogens is 257 g/mol. The van der Waals surface area contributed by atoms with Crippen LogP contribution in [0.4, 0.5) is 9.18 Å². The van der Waals surface area contributed by atoms with Crippen LogP contribution in [-0.2, 0) is 0 Å². The highest BCUT2D eigenvalue weighted by atomic mass is 19.1. The Kier molecular flexibility index (Phi) is 3.38. The second-order valence-electron chi connectivity index (χ2n) is 5.91. The van der Waals surface area contributed by atoms with Gasteiger partial charge in [0.25, 0.3) is 0 Å². The number of halogens is 1.